The molecule has 0 bridgehead atoms. The lowest BCUT2D eigenvalue weighted by molar-refractivity contribution is 0.445. The number of pyridine rings is 1. The van der Waals surface area contributed by atoms with Crippen LogP contribution in [-0.2, 0) is 0 Å². The molecule has 2 heterocycles. The smallest absolute Gasteiger partial charge is 0.212 e. The van der Waals surface area contributed by atoms with E-state index in [9.17, 15) is 4.39 Å². The number of hydrogen-bond acceptors (Lipinski definition) is 2. The fraction of sp³-hybridized carbons (Fsp3) is 0.462. The molecule has 0 amide bonds. The highest BCUT2D eigenvalue weighted by molar-refractivity contribution is 5.66. The van der Waals surface area contributed by atoms with Crippen molar-refractivity contribution in [3.05, 3.63) is 35.9 Å². The fourth-order valence-electron chi connectivity index (χ4n) is 2.76. The van der Waals surface area contributed by atoms with E-state index in [2.05, 4.69) is 16.4 Å². The second-order valence-corrected chi connectivity index (χ2v) is 4.65. The summed E-state index contributed by atoms with van der Waals surface area (Å²) < 4.78 is 12.7. The van der Waals surface area contributed by atoms with Gasteiger partial charge >= 0.3 is 0 Å². The largest absolute Gasteiger partial charge is 0.313 e. The molecule has 16 heavy (non-hydrogen) atoms. The van der Waals surface area contributed by atoms with E-state index in [1.165, 1.54) is 18.1 Å². The Kier molecular flexibility index (Phi) is 2.48. The Morgan fingerprint density at radius 1 is 1.38 bits per heavy atom. The molecule has 2 nitrogen and oxygen atoms in total. The van der Waals surface area contributed by atoms with Crippen molar-refractivity contribution in [3.63, 3.8) is 0 Å². The van der Waals surface area contributed by atoms with E-state index in [1.54, 1.807) is 6.20 Å². The van der Waals surface area contributed by atoms with Gasteiger partial charge in [-0.2, -0.15) is 4.39 Å². The Morgan fingerprint density at radius 3 is 3.12 bits per heavy atom. The number of rotatable bonds is 1. The van der Waals surface area contributed by atoms with Crippen molar-refractivity contribution in [2.45, 2.75) is 25.3 Å². The SMILES string of the molecule is Fc1ccc(C2=CC[C@H]3CCN[C@H]3C2)cn1. The highest BCUT2D eigenvalue weighted by Crippen LogP contribution is 2.34. The standard InChI is InChI=1S/C13H15FN2/c14-13-4-3-11(8-16-13)10-2-1-9-5-6-15-12(9)7-10/h2-4,8-9,12,15H,1,5-7H2/t9-,12-/m0/s1. The summed E-state index contributed by atoms with van der Waals surface area (Å²) in [7, 11) is 0. The Balaban J connectivity index is 1.83. The second kappa shape index (κ2) is 3.98. The fourth-order valence-corrected chi connectivity index (χ4v) is 2.76. The van der Waals surface area contributed by atoms with E-state index in [0.717, 1.165) is 30.9 Å². The summed E-state index contributed by atoms with van der Waals surface area (Å²) in [6, 6.07) is 3.87. The molecule has 3 heteroatoms. The molecule has 0 spiro atoms. The lowest BCUT2D eigenvalue weighted by Crippen LogP contribution is -2.29. The highest BCUT2D eigenvalue weighted by atomic mass is 19.1. The van der Waals surface area contributed by atoms with Crippen LogP contribution in [-0.4, -0.2) is 17.6 Å². The Bertz CT molecular complexity index is 410. The Hall–Kier alpha value is -1.22. The molecule has 1 aliphatic carbocycles. The first-order chi connectivity index (χ1) is 7.83. The lowest BCUT2D eigenvalue weighted by Gasteiger charge is -2.25. The van der Waals surface area contributed by atoms with Crippen molar-refractivity contribution >= 4 is 5.57 Å². The Morgan fingerprint density at radius 2 is 2.31 bits per heavy atom. The summed E-state index contributed by atoms with van der Waals surface area (Å²) in [5.41, 5.74) is 2.37. The number of fused-ring (bicyclic) bond motifs is 1. The van der Waals surface area contributed by atoms with Gasteiger partial charge in [0.1, 0.15) is 0 Å². The summed E-state index contributed by atoms with van der Waals surface area (Å²) in [5, 5.41) is 3.53. The van der Waals surface area contributed by atoms with Crippen LogP contribution in [0.3, 0.4) is 0 Å². The Labute approximate surface area is 94.6 Å². The first kappa shape index (κ1) is 9.97. The zero-order valence-corrected chi connectivity index (χ0v) is 9.12. The molecule has 0 radical (unpaired) electrons. The van der Waals surface area contributed by atoms with Crippen molar-refractivity contribution in [2.24, 2.45) is 5.92 Å². The van der Waals surface area contributed by atoms with Crippen molar-refractivity contribution < 1.29 is 4.39 Å². The minimum atomic E-state index is -0.406. The first-order valence-electron chi connectivity index (χ1n) is 5.87. The van der Waals surface area contributed by atoms with Crippen LogP contribution in [0.4, 0.5) is 4.39 Å². The van der Waals surface area contributed by atoms with E-state index in [-0.39, 0.29) is 0 Å². The third-order valence-electron chi connectivity index (χ3n) is 3.70. The predicted molar refractivity (Wildman–Crippen MR) is 61.3 cm³/mol. The monoisotopic (exact) mass is 218 g/mol. The van der Waals surface area contributed by atoms with Crippen LogP contribution >= 0.6 is 0 Å². The zero-order valence-electron chi connectivity index (χ0n) is 9.12. The molecule has 1 saturated heterocycles. The van der Waals surface area contributed by atoms with Crippen LogP contribution in [0.2, 0.25) is 0 Å². The van der Waals surface area contributed by atoms with Gasteiger partial charge in [-0.1, -0.05) is 6.08 Å². The van der Waals surface area contributed by atoms with Gasteiger partial charge < -0.3 is 5.32 Å². The molecule has 1 N–H and O–H groups in total. The summed E-state index contributed by atoms with van der Waals surface area (Å²) in [6.07, 6.45) is 7.41. The maximum absolute atomic E-state index is 12.7. The van der Waals surface area contributed by atoms with Crippen molar-refractivity contribution in [1.29, 1.82) is 0 Å². The van der Waals surface area contributed by atoms with Gasteiger partial charge in [0.15, 0.2) is 0 Å². The molecule has 0 unspecified atom stereocenters. The minimum absolute atomic E-state index is 0.406. The minimum Gasteiger partial charge on any atom is -0.313 e. The van der Waals surface area contributed by atoms with Gasteiger partial charge in [-0.05, 0) is 55.0 Å². The lowest BCUT2D eigenvalue weighted by atomic mass is 9.84. The average molecular weight is 218 g/mol. The number of hydrogen-bond donors (Lipinski definition) is 1. The molecule has 2 atom stereocenters. The van der Waals surface area contributed by atoms with Crippen LogP contribution in [0.5, 0.6) is 0 Å². The molecule has 0 aromatic carbocycles. The molecular formula is C13H15FN2. The van der Waals surface area contributed by atoms with Gasteiger partial charge in [0.05, 0.1) is 0 Å². The van der Waals surface area contributed by atoms with Crippen LogP contribution in [0.15, 0.2) is 24.4 Å². The molecule has 2 aliphatic rings. The van der Waals surface area contributed by atoms with E-state index in [4.69, 9.17) is 0 Å². The van der Waals surface area contributed by atoms with Crippen LogP contribution in [0.25, 0.3) is 5.57 Å². The van der Waals surface area contributed by atoms with Gasteiger partial charge in [-0.25, -0.2) is 4.98 Å². The number of nitrogens with zero attached hydrogens (tertiary/aromatic N) is 1. The summed E-state index contributed by atoms with van der Waals surface area (Å²) >= 11 is 0. The first-order valence-corrected chi connectivity index (χ1v) is 5.87. The van der Waals surface area contributed by atoms with Gasteiger partial charge in [0.25, 0.3) is 0 Å². The molecule has 1 aromatic rings. The number of allylic oxidation sites excluding steroid dienone is 1. The second-order valence-electron chi connectivity index (χ2n) is 4.65. The predicted octanol–water partition coefficient (Wildman–Crippen LogP) is 2.38. The van der Waals surface area contributed by atoms with Crippen molar-refractivity contribution in [3.8, 4) is 0 Å². The normalized spacial score (nSPS) is 28.7. The van der Waals surface area contributed by atoms with Crippen LogP contribution in [0.1, 0.15) is 24.8 Å². The topological polar surface area (TPSA) is 24.9 Å². The van der Waals surface area contributed by atoms with E-state index < -0.39 is 5.95 Å². The molecule has 0 saturated carbocycles. The third kappa shape index (κ3) is 1.76. The van der Waals surface area contributed by atoms with Crippen LogP contribution in [0, 0.1) is 11.9 Å². The summed E-state index contributed by atoms with van der Waals surface area (Å²) in [6.45, 7) is 1.14. The average Bonchev–Trinajstić information content (AvgIpc) is 2.77. The molecule has 3 rings (SSSR count). The summed E-state index contributed by atoms with van der Waals surface area (Å²) in [4.78, 5) is 3.71. The molecule has 84 valence electrons. The molecule has 1 aliphatic heterocycles. The molecular weight excluding hydrogens is 203 g/mol. The van der Waals surface area contributed by atoms with Gasteiger partial charge in [0, 0.05) is 12.2 Å². The number of nitrogens with one attached hydrogen (secondary N) is 1. The van der Waals surface area contributed by atoms with Gasteiger partial charge in [0.2, 0.25) is 5.95 Å². The van der Waals surface area contributed by atoms with E-state index >= 15 is 0 Å². The highest BCUT2D eigenvalue weighted by Gasteiger charge is 2.29. The zero-order chi connectivity index (χ0) is 11.0. The van der Waals surface area contributed by atoms with Crippen LogP contribution < -0.4 is 5.32 Å². The van der Waals surface area contributed by atoms with Gasteiger partial charge in [-0.3, -0.25) is 0 Å². The maximum Gasteiger partial charge on any atom is 0.212 e. The summed E-state index contributed by atoms with van der Waals surface area (Å²) in [5.74, 6) is 0.397. The molecule has 1 aromatic heterocycles. The van der Waals surface area contributed by atoms with Gasteiger partial charge in [-0.15, -0.1) is 0 Å². The number of halogens is 1. The third-order valence-corrected chi connectivity index (χ3v) is 3.70. The quantitative estimate of drug-likeness (QED) is 0.732. The van der Waals surface area contributed by atoms with E-state index in [1.807, 2.05) is 6.07 Å². The van der Waals surface area contributed by atoms with E-state index in [0.29, 0.717) is 6.04 Å². The van der Waals surface area contributed by atoms with Crippen molar-refractivity contribution in [2.75, 3.05) is 6.54 Å². The molecule has 1 fully saturated rings. The number of aromatic nitrogens is 1. The van der Waals surface area contributed by atoms with Crippen molar-refractivity contribution in [1.82, 2.24) is 10.3 Å². The maximum atomic E-state index is 12.7.